The number of ketones is 1. The van der Waals surface area contributed by atoms with Crippen LogP contribution < -0.4 is 0 Å². The summed E-state index contributed by atoms with van der Waals surface area (Å²) in [5.41, 5.74) is 0.211. The van der Waals surface area contributed by atoms with Crippen LogP contribution in [0, 0.1) is 16.0 Å². The van der Waals surface area contributed by atoms with Gasteiger partial charge in [0.1, 0.15) is 0 Å². The molecule has 17 heavy (non-hydrogen) atoms. The van der Waals surface area contributed by atoms with E-state index in [0.29, 0.717) is 5.56 Å². The Bertz CT molecular complexity index is 472. The number of benzene rings is 1. The molecule has 1 aliphatic rings. The molecule has 0 saturated carbocycles. The fourth-order valence-corrected chi connectivity index (χ4v) is 3.25. The molecule has 1 aromatic rings. The van der Waals surface area contributed by atoms with Crippen LogP contribution in [0.4, 0.5) is 5.69 Å². The fourth-order valence-electron chi connectivity index (χ4n) is 1.80. The largest absolute Gasteiger partial charge is 0.294 e. The number of rotatable bonds is 3. The summed E-state index contributed by atoms with van der Waals surface area (Å²) >= 11 is 7.52. The van der Waals surface area contributed by atoms with Crippen molar-refractivity contribution >= 4 is 34.8 Å². The van der Waals surface area contributed by atoms with Gasteiger partial charge in [-0.25, -0.2) is 0 Å². The van der Waals surface area contributed by atoms with E-state index >= 15 is 0 Å². The molecule has 1 aliphatic heterocycles. The molecule has 6 heteroatoms. The van der Waals surface area contributed by atoms with Gasteiger partial charge in [0.25, 0.3) is 5.69 Å². The van der Waals surface area contributed by atoms with E-state index in [-0.39, 0.29) is 22.4 Å². The van der Waals surface area contributed by atoms with Crippen molar-refractivity contribution in [3.8, 4) is 0 Å². The Labute approximate surface area is 107 Å². The Morgan fingerprint density at radius 2 is 2.24 bits per heavy atom. The van der Waals surface area contributed by atoms with Crippen LogP contribution in [0.1, 0.15) is 16.8 Å². The lowest BCUT2D eigenvalue weighted by atomic mass is 9.97. The number of thioether (sulfide) groups is 1. The third-order valence-corrected chi connectivity index (χ3v) is 4.06. The highest BCUT2D eigenvalue weighted by Gasteiger charge is 2.25. The monoisotopic (exact) mass is 271 g/mol. The quantitative estimate of drug-likeness (QED) is 0.481. The van der Waals surface area contributed by atoms with Crippen molar-refractivity contribution in [3.63, 3.8) is 0 Å². The highest BCUT2D eigenvalue weighted by Crippen LogP contribution is 2.29. The molecule has 1 aromatic carbocycles. The van der Waals surface area contributed by atoms with Crippen LogP contribution in [0.5, 0.6) is 0 Å². The third kappa shape index (κ3) is 2.79. The summed E-state index contributed by atoms with van der Waals surface area (Å²) in [6, 6.07) is 4.05. The summed E-state index contributed by atoms with van der Waals surface area (Å²) in [7, 11) is 0. The molecule has 1 atom stereocenters. The molecule has 1 unspecified atom stereocenters. The number of halogens is 1. The van der Waals surface area contributed by atoms with E-state index in [0.717, 1.165) is 17.9 Å². The van der Waals surface area contributed by atoms with E-state index in [2.05, 4.69) is 0 Å². The van der Waals surface area contributed by atoms with Gasteiger partial charge in [0.2, 0.25) is 0 Å². The lowest BCUT2D eigenvalue weighted by Gasteiger charge is -2.07. The minimum absolute atomic E-state index is 0.0296. The molecule has 0 spiro atoms. The van der Waals surface area contributed by atoms with Crippen molar-refractivity contribution in [2.24, 2.45) is 5.92 Å². The van der Waals surface area contributed by atoms with Crippen molar-refractivity contribution < 1.29 is 9.72 Å². The number of carbonyl (C=O) groups excluding carboxylic acids is 1. The first-order chi connectivity index (χ1) is 8.08. The molecule has 1 heterocycles. The van der Waals surface area contributed by atoms with Crippen molar-refractivity contribution in [1.29, 1.82) is 0 Å². The van der Waals surface area contributed by atoms with Gasteiger partial charge in [-0.1, -0.05) is 11.6 Å². The van der Waals surface area contributed by atoms with E-state index in [1.165, 1.54) is 18.2 Å². The number of Topliss-reactive ketones (excluding diaryl/α,β-unsaturated/α-hetero) is 1. The molecular formula is C11H10ClNO3S. The first-order valence-electron chi connectivity index (χ1n) is 5.15. The Balaban J connectivity index is 2.31. The maximum absolute atomic E-state index is 12.1. The summed E-state index contributed by atoms with van der Waals surface area (Å²) in [6.07, 6.45) is 0.837. The zero-order valence-corrected chi connectivity index (χ0v) is 10.5. The summed E-state index contributed by atoms with van der Waals surface area (Å²) in [4.78, 5) is 22.2. The predicted molar refractivity (Wildman–Crippen MR) is 67.9 cm³/mol. The second kappa shape index (κ2) is 5.06. The van der Waals surface area contributed by atoms with Gasteiger partial charge in [-0.15, -0.1) is 0 Å². The summed E-state index contributed by atoms with van der Waals surface area (Å²) in [5.74, 6) is 1.69. The Morgan fingerprint density at radius 3 is 2.82 bits per heavy atom. The number of hydrogen-bond donors (Lipinski definition) is 0. The topological polar surface area (TPSA) is 60.2 Å². The first-order valence-corrected chi connectivity index (χ1v) is 6.68. The second-order valence-corrected chi connectivity index (χ2v) is 5.47. The number of hydrogen-bond acceptors (Lipinski definition) is 4. The van der Waals surface area contributed by atoms with Gasteiger partial charge in [0, 0.05) is 34.4 Å². The normalized spacial score (nSPS) is 19.2. The lowest BCUT2D eigenvalue weighted by molar-refractivity contribution is -0.384. The van der Waals surface area contributed by atoms with Gasteiger partial charge in [-0.05, 0) is 18.2 Å². The predicted octanol–water partition coefficient (Wildman–Crippen LogP) is 3.18. The molecule has 1 fully saturated rings. The zero-order valence-electron chi connectivity index (χ0n) is 8.89. The highest BCUT2D eigenvalue weighted by atomic mass is 35.5. The van der Waals surface area contributed by atoms with Crippen LogP contribution in [-0.2, 0) is 0 Å². The Kier molecular flexibility index (Phi) is 3.69. The maximum atomic E-state index is 12.1. The SMILES string of the molecule is O=C(c1cc(Cl)cc([N+](=O)[O-])c1)C1CCSC1. The Morgan fingerprint density at radius 1 is 1.47 bits per heavy atom. The van der Waals surface area contributed by atoms with Gasteiger partial charge in [-0.3, -0.25) is 14.9 Å². The number of nitro groups is 1. The molecule has 90 valence electrons. The van der Waals surface area contributed by atoms with Gasteiger partial charge in [-0.2, -0.15) is 11.8 Å². The second-order valence-electron chi connectivity index (χ2n) is 3.88. The summed E-state index contributed by atoms with van der Waals surface area (Å²) < 4.78 is 0. The number of non-ortho nitro benzene ring substituents is 1. The standard InChI is InChI=1S/C11H10ClNO3S/c12-9-3-8(4-10(5-9)13(15)16)11(14)7-1-2-17-6-7/h3-5,7H,1-2,6H2. The molecule has 0 bridgehead atoms. The van der Waals surface area contributed by atoms with Gasteiger partial charge >= 0.3 is 0 Å². The van der Waals surface area contributed by atoms with E-state index in [1.807, 2.05) is 0 Å². The van der Waals surface area contributed by atoms with E-state index < -0.39 is 4.92 Å². The van der Waals surface area contributed by atoms with Crippen molar-refractivity contribution in [3.05, 3.63) is 38.9 Å². The fraction of sp³-hybridized carbons (Fsp3) is 0.364. The molecule has 0 aliphatic carbocycles. The number of nitrogens with zero attached hydrogens (tertiary/aromatic N) is 1. The van der Waals surface area contributed by atoms with Gasteiger partial charge in [0.05, 0.1) is 4.92 Å². The lowest BCUT2D eigenvalue weighted by Crippen LogP contribution is -2.14. The molecule has 4 nitrogen and oxygen atoms in total. The van der Waals surface area contributed by atoms with E-state index in [9.17, 15) is 14.9 Å². The summed E-state index contributed by atoms with van der Waals surface area (Å²) in [6.45, 7) is 0. The molecule has 0 N–H and O–H groups in total. The average Bonchev–Trinajstić information content (AvgIpc) is 2.80. The number of nitro benzene ring substituents is 1. The maximum Gasteiger partial charge on any atom is 0.271 e. The third-order valence-electron chi connectivity index (χ3n) is 2.68. The van der Waals surface area contributed by atoms with E-state index in [4.69, 9.17) is 11.6 Å². The number of carbonyl (C=O) groups is 1. The first kappa shape index (κ1) is 12.4. The van der Waals surface area contributed by atoms with Crippen molar-refractivity contribution in [2.45, 2.75) is 6.42 Å². The Hall–Kier alpha value is -1.07. The minimum Gasteiger partial charge on any atom is -0.294 e. The van der Waals surface area contributed by atoms with Crippen LogP contribution >= 0.6 is 23.4 Å². The van der Waals surface area contributed by atoms with Crippen LogP contribution in [0.2, 0.25) is 5.02 Å². The van der Waals surface area contributed by atoms with Crippen LogP contribution in [0.25, 0.3) is 0 Å². The van der Waals surface area contributed by atoms with Crippen LogP contribution in [0.3, 0.4) is 0 Å². The van der Waals surface area contributed by atoms with Gasteiger partial charge < -0.3 is 0 Å². The average molecular weight is 272 g/mol. The molecule has 2 rings (SSSR count). The van der Waals surface area contributed by atoms with Gasteiger partial charge in [0.15, 0.2) is 5.78 Å². The van der Waals surface area contributed by atoms with Crippen LogP contribution in [0.15, 0.2) is 18.2 Å². The van der Waals surface area contributed by atoms with E-state index in [1.54, 1.807) is 11.8 Å². The van der Waals surface area contributed by atoms with Crippen LogP contribution in [-0.4, -0.2) is 22.2 Å². The molecule has 0 radical (unpaired) electrons. The molecule has 0 amide bonds. The molecule has 1 saturated heterocycles. The minimum atomic E-state index is -0.536. The van der Waals surface area contributed by atoms with Crippen molar-refractivity contribution in [1.82, 2.24) is 0 Å². The van der Waals surface area contributed by atoms with Crippen molar-refractivity contribution in [2.75, 3.05) is 11.5 Å². The molecule has 0 aromatic heterocycles. The molecular weight excluding hydrogens is 262 g/mol. The summed E-state index contributed by atoms with van der Waals surface area (Å²) in [5, 5.41) is 10.9. The zero-order chi connectivity index (χ0) is 12.4. The highest BCUT2D eigenvalue weighted by molar-refractivity contribution is 7.99. The smallest absolute Gasteiger partial charge is 0.271 e.